The maximum absolute atomic E-state index is 11.1. The van der Waals surface area contributed by atoms with Gasteiger partial charge in [0, 0.05) is 0 Å². The smallest absolute Gasteiger partial charge is 0.422 e. The number of hydrazine groups is 1. The van der Waals surface area contributed by atoms with Crippen molar-refractivity contribution in [3.05, 3.63) is 0 Å². The molecule has 0 radical (unpaired) electrons. The van der Waals surface area contributed by atoms with Crippen LogP contribution in [0.25, 0.3) is 0 Å². The topological polar surface area (TPSA) is 50.4 Å². The Morgan fingerprint density at radius 3 is 2.46 bits per heavy atom. The van der Waals surface area contributed by atoms with E-state index in [-0.39, 0.29) is 11.7 Å². The standard InChI is InChI=1S/C9H16N2O2/c12-8-11-10-7-9(13-8)5-3-1-2-4-6-9/h10H,1-7H2,(H,11,12). The molecule has 0 aromatic rings. The van der Waals surface area contributed by atoms with Gasteiger partial charge in [-0.15, -0.1) is 0 Å². The van der Waals surface area contributed by atoms with Crippen molar-refractivity contribution in [2.45, 2.75) is 44.1 Å². The number of rotatable bonds is 0. The lowest BCUT2D eigenvalue weighted by molar-refractivity contribution is -0.0249. The van der Waals surface area contributed by atoms with E-state index in [1.54, 1.807) is 0 Å². The molecule has 0 aromatic carbocycles. The maximum Gasteiger partial charge on any atom is 0.422 e. The molecule has 1 saturated carbocycles. The molecule has 1 aliphatic heterocycles. The number of amides is 1. The van der Waals surface area contributed by atoms with E-state index in [0.29, 0.717) is 0 Å². The molecule has 0 unspecified atom stereocenters. The molecule has 1 spiro atoms. The minimum atomic E-state index is -0.326. The van der Waals surface area contributed by atoms with Gasteiger partial charge in [0.1, 0.15) is 5.60 Å². The van der Waals surface area contributed by atoms with Crippen molar-refractivity contribution in [3.63, 3.8) is 0 Å². The first-order valence-corrected chi connectivity index (χ1v) is 5.03. The Kier molecular flexibility index (Phi) is 2.40. The number of hydrogen-bond donors (Lipinski definition) is 2. The van der Waals surface area contributed by atoms with E-state index in [1.165, 1.54) is 25.7 Å². The molecular formula is C9H16N2O2. The summed E-state index contributed by atoms with van der Waals surface area (Å²) in [7, 11) is 0. The molecule has 4 nitrogen and oxygen atoms in total. The van der Waals surface area contributed by atoms with Crippen LogP contribution in [0.1, 0.15) is 38.5 Å². The summed E-state index contributed by atoms with van der Waals surface area (Å²) in [5.41, 5.74) is 5.15. The average molecular weight is 184 g/mol. The predicted octanol–water partition coefficient (Wildman–Crippen LogP) is 1.32. The van der Waals surface area contributed by atoms with Crippen LogP contribution in [0.4, 0.5) is 4.79 Å². The first-order chi connectivity index (χ1) is 6.31. The Labute approximate surface area is 78.0 Å². The summed E-state index contributed by atoms with van der Waals surface area (Å²) in [5, 5.41) is 0. The fraction of sp³-hybridized carbons (Fsp3) is 0.889. The summed E-state index contributed by atoms with van der Waals surface area (Å²) in [6.07, 6.45) is 6.58. The Hall–Kier alpha value is -0.770. The first-order valence-electron chi connectivity index (χ1n) is 5.03. The van der Waals surface area contributed by atoms with Gasteiger partial charge in [-0.25, -0.2) is 10.2 Å². The van der Waals surface area contributed by atoms with E-state index < -0.39 is 0 Å². The second-order valence-corrected chi connectivity index (χ2v) is 3.97. The molecule has 1 heterocycles. The number of nitrogens with one attached hydrogen (secondary N) is 2. The molecule has 1 amide bonds. The number of ether oxygens (including phenoxy) is 1. The van der Waals surface area contributed by atoms with Crippen molar-refractivity contribution in [3.8, 4) is 0 Å². The third kappa shape index (κ3) is 1.94. The van der Waals surface area contributed by atoms with Crippen molar-refractivity contribution in [2.24, 2.45) is 0 Å². The predicted molar refractivity (Wildman–Crippen MR) is 48.1 cm³/mol. The first kappa shape index (κ1) is 8.81. The van der Waals surface area contributed by atoms with E-state index in [2.05, 4.69) is 10.9 Å². The Balaban J connectivity index is 2.02. The molecule has 2 N–H and O–H groups in total. The van der Waals surface area contributed by atoms with Crippen LogP contribution < -0.4 is 10.9 Å². The van der Waals surface area contributed by atoms with Gasteiger partial charge in [0.25, 0.3) is 0 Å². The molecule has 1 saturated heterocycles. The quantitative estimate of drug-likeness (QED) is 0.597. The van der Waals surface area contributed by atoms with Crippen molar-refractivity contribution in [1.82, 2.24) is 10.9 Å². The highest BCUT2D eigenvalue weighted by Gasteiger charge is 2.37. The van der Waals surface area contributed by atoms with Crippen LogP contribution in [0.3, 0.4) is 0 Å². The molecule has 13 heavy (non-hydrogen) atoms. The minimum Gasteiger partial charge on any atom is -0.441 e. The summed E-state index contributed by atoms with van der Waals surface area (Å²) in [6, 6.07) is 0. The number of hydrogen-bond acceptors (Lipinski definition) is 3. The summed E-state index contributed by atoms with van der Waals surface area (Å²) < 4.78 is 5.38. The zero-order valence-electron chi connectivity index (χ0n) is 7.77. The highest BCUT2D eigenvalue weighted by molar-refractivity contribution is 5.67. The van der Waals surface area contributed by atoms with Gasteiger partial charge < -0.3 is 4.74 Å². The van der Waals surface area contributed by atoms with Gasteiger partial charge >= 0.3 is 6.09 Å². The van der Waals surface area contributed by atoms with Crippen molar-refractivity contribution >= 4 is 6.09 Å². The lowest BCUT2D eigenvalue weighted by Gasteiger charge is -2.36. The number of carbonyl (C=O) groups excluding carboxylic acids is 1. The van der Waals surface area contributed by atoms with E-state index >= 15 is 0 Å². The minimum absolute atomic E-state index is 0.209. The fourth-order valence-electron chi connectivity index (χ4n) is 2.19. The normalized spacial score (nSPS) is 27.5. The van der Waals surface area contributed by atoms with Gasteiger partial charge in [-0.05, 0) is 25.7 Å². The second-order valence-electron chi connectivity index (χ2n) is 3.97. The highest BCUT2D eigenvalue weighted by Crippen LogP contribution is 2.30. The molecule has 2 aliphatic rings. The maximum atomic E-state index is 11.1. The summed E-state index contributed by atoms with van der Waals surface area (Å²) >= 11 is 0. The van der Waals surface area contributed by atoms with Crippen molar-refractivity contribution in [2.75, 3.05) is 6.54 Å². The van der Waals surface area contributed by atoms with Gasteiger partial charge in [-0.2, -0.15) is 0 Å². The zero-order chi connectivity index (χ0) is 9.15. The van der Waals surface area contributed by atoms with E-state index in [9.17, 15) is 4.79 Å². The third-order valence-corrected chi connectivity index (χ3v) is 2.92. The van der Waals surface area contributed by atoms with Gasteiger partial charge in [-0.3, -0.25) is 5.43 Å². The molecule has 2 rings (SSSR count). The van der Waals surface area contributed by atoms with E-state index in [4.69, 9.17) is 4.74 Å². The highest BCUT2D eigenvalue weighted by atomic mass is 16.6. The Morgan fingerprint density at radius 2 is 1.85 bits per heavy atom. The van der Waals surface area contributed by atoms with Crippen molar-refractivity contribution in [1.29, 1.82) is 0 Å². The molecule has 0 atom stereocenters. The lowest BCUT2D eigenvalue weighted by atomic mass is 9.94. The lowest BCUT2D eigenvalue weighted by Crippen LogP contribution is -2.57. The average Bonchev–Trinajstić information content (AvgIpc) is 2.31. The summed E-state index contributed by atoms with van der Waals surface area (Å²) in [4.78, 5) is 11.1. The molecule has 2 fully saturated rings. The monoisotopic (exact) mass is 184 g/mol. The summed E-state index contributed by atoms with van der Waals surface area (Å²) in [6.45, 7) is 0.749. The number of carbonyl (C=O) groups is 1. The van der Waals surface area contributed by atoms with Crippen LogP contribution >= 0.6 is 0 Å². The van der Waals surface area contributed by atoms with Crippen LogP contribution in [0.2, 0.25) is 0 Å². The Bertz CT molecular complexity index is 198. The van der Waals surface area contributed by atoms with Gasteiger partial charge in [0.2, 0.25) is 0 Å². The van der Waals surface area contributed by atoms with E-state index in [1.807, 2.05) is 0 Å². The molecule has 1 aliphatic carbocycles. The SMILES string of the molecule is O=C1NNCC2(CCCCCC2)O1. The zero-order valence-corrected chi connectivity index (χ0v) is 7.77. The summed E-state index contributed by atoms with van der Waals surface area (Å²) in [5.74, 6) is 0. The van der Waals surface area contributed by atoms with Crippen LogP contribution in [-0.4, -0.2) is 18.2 Å². The second kappa shape index (κ2) is 3.54. The Morgan fingerprint density at radius 1 is 1.15 bits per heavy atom. The molecule has 74 valence electrons. The van der Waals surface area contributed by atoms with E-state index in [0.717, 1.165) is 19.4 Å². The molecule has 0 aromatic heterocycles. The molecule has 0 bridgehead atoms. The van der Waals surface area contributed by atoms with Gasteiger partial charge in [-0.1, -0.05) is 12.8 Å². The third-order valence-electron chi connectivity index (χ3n) is 2.92. The largest absolute Gasteiger partial charge is 0.441 e. The van der Waals surface area contributed by atoms with Crippen LogP contribution in [0.5, 0.6) is 0 Å². The van der Waals surface area contributed by atoms with Crippen LogP contribution in [-0.2, 0) is 4.74 Å². The van der Waals surface area contributed by atoms with Crippen LogP contribution in [0.15, 0.2) is 0 Å². The van der Waals surface area contributed by atoms with Crippen molar-refractivity contribution < 1.29 is 9.53 Å². The van der Waals surface area contributed by atoms with Crippen LogP contribution in [0, 0.1) is 0 Å². The van der Waals surface area contributed by atoms with Gasteiger partial charge in [0.15, 0.2) is 0 Å². The molecular weight excluding hydrogens is 168 g/mol. The van der Waals surface area contributed by atoms with Gasteiger partial charge in [0.05, 0.1) is 6.54 Å². The fourth-order valence-corrected chi connectivity index (χ4v) is 2.19. The molecule has 4 heteroatoms.